The number of halogens is 1. The van der Waals surface area contributed by atoms with Crippen LogP contribution in [0.25, 0.3) is 0 Å². The normalized spacial score (nSPS) is 29.7. The number of hydrogen-bond donors (Lipinski definition) is 0. The molecule has 23 heavy (non-hydrogen) atoms. The van der Waals surface area contributed by atoms with Gasteiger partial charge in [0.05, 0.1) is 5.25 Å². The summed E-state index contributed by atoms with van der Waals surface area (Å²) < 4.78 is 16.5. The molecule has 1 atom stereocenters. The smallest absolute Gasteiger partial charge is 0.410 e. The van der Waals surface area contributed by atoms with E-state index in [1.165, 1.54) is 0 Å². The molecule has 0 heterocycles. The molecule has 2 saturated carbocycles. The van der Waals surface area contributed by atoms with Crippen LogP contribution in [-0.2, 0) is 21.4 Å². The lowest BCUT2D eigenvalue weighted by atomic mass is 9.53. The first-order valence-electron chi connectivity index (χ1n) is 7.49. The van der Waals surface area contributed by atoms with Crippen molar-refractivity contribution < 1.29 is 19.2 Å². The van der Waals surface area contributed by atoms with Crippen LogP contribution in [0.2, 0.25) is 0 Å². The highest BCUT2D eigenvalue weighted by atomic mass is 35.7. The van der Waals surface area contributed by atoms with Crippen molar-refractivity contribution in [3.05, 3.63) is 35.9 Å². The van der Waals surface area contributed by atoms with Gasteiger partial charge >= 0.3 is 6.09 Å². The second kappa shape index (κ2) is 7.20. The second-order valence-corrected chi connectivity index (χ2v) is 8.57. The van der Waals surface area contributed by atoms with E-state index in [9.17, 15) is 9.00 Å². The van der Waals surface area contributed by atoms with Crippen molar-refractivity contribution in [2.75, 3.05) is 7.05 Å². The highest BCUT2D eigenvalue weighted by Crippen LogP contribution is 2.58. The zero-order valence-electron chi connectivity index (χ0n) is 13.0. The first-order valence-corrected chi connectivity index (χ1v) is 9.53. The molecule has 1 aromatic carbocycles. The summed E-state index contributed by atoms with van der Waals surface area (Å²) in [6.45, 7) is 0.301. The van der Waals surface area contributed by atoms with E-state index in [1.807, 2.05) is 30.3 Å². The lowest BCUT2D eigenvalue weighted by Crippen LogP contribution is -2.58. The zero-order chi connectivity index (χ0) is 15.7. The van der Waals surface area contributed by atoms with Gasteiger partial charge in [-0.3, -0.25) is 0 Å². The molecule has 2 N–H and O–H groups in total. The van der Waals surface area contributed by atoms with Crippen LogP contribution < -0.4 is 0 Å². The molecule has 0 aliphatic heterocycles. The monoisotopic (exact) mass is 359 g/mol. The average Bonchev–Trinajstić information content (AvgIpc) is 2.42. The number of nitrogens with zero attached hydrogens (tertiary/aromatic N) is 1. The second-order valence-electron chi connectivity index (χ2n) is 6.49. The maximum atomic E-state index is 12.1. The molecule has 0 saturated heterocycles. The topological polar surface area (TPSA) is 78.1 Å². The van der Waals surface area contributed by atoms with Crippen molar-refractivity contribution >= 4 is 26.8 Å². The summed E-state index contributed by atoms with van der Waals surface area (Å²) in [6, 6.07) is 9.89. The molecule has 0 aromatic heterocycles. The summed E-state index contributed by atoms with van der Waals surface area (Å²) in [5, 5.41) is 0.137. The Hall–Kier alpha value is -1.11. The van der Waals surface area contributed by atoms with Gasteiger partial charge in [-0.25, -0.2) is 9.00 Å². The molecular formula is C16H22ClNO4S. The van der Waals surface area contributed by atoms with Crippen molar-refractivity contribution in [1.29, 1.82) is 0 Å². The first kappa shape index (κ1) is 18.2. The highest BCUT2D eigenvalue weighted by Gasteiger charge is 2.55. The Balaban J connectivity index is 0.00000192. The van der Waals surface area contributed by atoms with E-state index in [1.54, 1.807) is 11.9 Å². The maximum Gasteiger partial charge on any atom is 0.410 e. The average molecular weight is 360 g/mol. The van der Waals surface area contributed by atoms with E-state index < -0.39 is 10.0 Å². The molecular weight excluding hydrogens is 338 g/mol. The van der Waals surface area contributed by atoms with Crippen molar-refractivity contribution in [3.8, 4) is 0 Å². The Morgan fingerprint density at radius 2 is 1.91 bits per heavy atom. The predicted molar refractivity (Wildman–Crippen MR) is 90.5 cm³/mol. The van der Waals surface area contributed by atoms with Gasteiger partial charge in [-0.1, -0.05) is 30.3 Å². The lowest BCUT2D eigenvalue weighted by molar-refractivity contribution is -0.0409. The Morgan fingerprint density at radius 3 is 2.48 bits per heavy atom. The summed E-state index contributed by atoms with van der Waals surface area (Å²) in [4.78, 5) is 13.8. The molecule has 2 fully saturated rings. The lowest BCUT2D eigenvalue weighted by Gasteiger charge is -2.58. The first-order chi connectivity index (χ1) is 10.5. The third-order valence-corrected chi connectivity index (χ3v) is 6.57. The van der Waals surface area contributed by atoms with Crippen LogP contribution in [0.1, 0.15) is 31.2 Å². The number of carbonyl (C=O) groups excluding carboxylic acids is 1. The van der Waals surface area contributed by atoms with Gasteiger partial charge in [-0.15, -0.1) is 0 Å². The largest absolute Gasteiger partial charge is 0.445 e. The Kier molecular flexibility index (Phi) is 5.70. The van der Waals surface area contributed by atoms with Crippen LogP contribution in [0.4, 0.5) is 4.79 Å². The molecule has 5 nitrogen and oxygen atoms in total. The summed E-state index contributed by atoms with van der Waals surface area (Å²) >= 11 is 0. The van der Waals surface area contributed by atoms with Gasteiger partial charge in [0.1, 0.15) is 16.6 Å². The van der Waals surface area contributed by atoms with Crippen LogP contribution in [0.15, 0.2) is 30.3 Å². The van der Waals surface area contributed by atoms with Gasteiger partial charge in [0.2, 0.25) is 0 Å². The number of benzene rings is 1. The van der Waals surface area contributed by atoms with Crippen molar-refractivity contribution in [1.82, 2.24) is 4.90 Å². The SMILES string of the molecule is CN(C(=O)OCc1ccccc1)C1CC2(C1)CC(S(=O)Cl)C2.O. The Bertz CT molecular complexity index is 569. The molecule has 1 amide bonds. The fraction of sp³-hybridized carbons (Fsp3) is 0.562. The van der Waals surface area contributed by atoms with E-state index >= 15 is 0 Å². The van der Waals surface area contributed by atoms with Crippen molar-refractivity contribution in [2.24, 2.45) is 5.41 Å². The third kappa shape index (κ3) is 3.87. The third-order valence-electron chi connectivity index (χ3n) is 4.96. The number of hydrogen-bond acceptors (Lipinski definition) is 3. The zero-order valence-corrected chi connectivity index (χ0v) is 14.6. The molecule has 1 unspecified atom stereocenters. The van der Waals surface area contributed by atoms with Crippen molar-refractivity contribution in [3.63, 3.8) is 0 Å². The fourth-order valence-electron chi connectivity index (χ4n) is 3.55. The highest BCUT2D eigenvalue weighted by molar-refractivity contribution is 8.08. The standard InChI is InChI=1S/C16H20ClNO3S.H2O/c1-18(15(19)21-11-12-5-3-2-4-6-12)13-7-16(8-13)9-14(10-16)22(17)20;/h2-6,13-14H,7-11H2,1H3;1H2. The van der Waals surface area contributed by atoms with Gasteiger partial charge in [-0.2, -0.15) is 0 Å². The predicted octanol–water partition coefficient (Wildman–Crippen LogP) is 2.64. The molecule has 0 radical (unpaired) electrons. The number of ether oxygens (including phenoxy) is 1. The van der Waals surface area contributed by atoms with Crippen LogP contribution in [0, 0.1) is 5.41 Å². The summed E-state index contributed by atoms with van der Waals surface area (Å²) in [6.07, 6.45) is 3.50. The van der Waals surface area contributed by atoms with E-state index in [4.69, 9.17) is 15.4 Å². The Morgan fingerprint density at radius 1 is 1.30 bits per heavy atom. The van der Waals surface area contributed by atoms with Gasteiger partial charge in [0.15, 0.2) is 0 Å². The van der Waals surface area contributed by atoms with Crippen molar-refractivity contribution in [2.45, 2.75) is 43.6 Å². The minimum Gasteiger partial charge on any atom is -0.445 e. The molecule has 0 bridgehead atoms. The minimum atomic E-state index is -1.23. The molecule has 1 spiro atoms. The fourth-order valence-corrected chi connectivity index (χ4v) is 4.90. The molecule has 2 aliphatic rings. The maximum absolute atomic E-state index is 12.1. The summed E-state index contributed by atoms with van der Waals surface area (Å²) in [5.41, 5.74) is 1.26. The van der Waals surface area contributed by atoms with Crippen LogP contribution in [0.5, 0.6) is 0 Å². The van der Waals surface area contributed by atoms with Crippen LogP contribution in [0.3, 0.4) is 0 Å². The molecule has 2 aliphatic carbocycles. The summed E-state index contributed by atoms with van der Waals surface area (Å²) in [7, 11) is 6.19. The molecule has 1 aromatic rings. The molecule has 3 rings (SSSR count). The van der Waals surface area contributed by atoms with Gasteiger partial charge < -0.3 is 15.1 Å². The van der Waals surface area contributed by atoms with E-state index in [2.05, 4.69) is 0 Å². The number of rotatable bonds is 4. The van der Waals surface area contributed by atoms with E-state index in [-0.39, 0.29) is 28.3 Å². The molecule has 7 heteroatoms. The van der Waals surface area contributed by atoms with Crippen LogP contribution in [-0.4, -0.2) is 39.0 Å². The molecule has 128 valence electrons. The number of carbonyl (C=O) groups is 1. The minimum absolute atomic E-state index is 0. The van der Waals surface area contributed by atoms with Crippen LogP contribution >= 0.6 is 10.7 Å². The van der Waals surface area contributed by atoms with E-state index in [0.717, 1.165) is 31.2 Å². The van der Waals surface area contributed by atoms with Gasteiger partial charge in [0, 0.05) is 13.1 Å². The van der Waals surface area contributed by atoms with Gasteiger partial charge in [0.25, 0.3) is 0 Å². The summed E-state index contributed by atoms with van der Waals surface area (Å²) in [5.74, 6) is 0. The van der Waals surface area contributed by atoms with Gasteiger partial charge in [-0.05, 0) is 47.3 Å². The Labute approximate surface area is 143 Å². The quantitative estimate of drug-likeness (QED) is 0.775. The van der Waals surface area contributed by atoms with E-state index in [0.29, 0.717) is 6.61 Å². The number of amides is 1.